The minimum atomic E-state index is -0.637. The van der Waals surface area contributed by atoms with Gasteiger partial charge in [-0.15, -0.1) is 0 Å². The van der Waals surface area contributed by atoms with Crippen LogP contribution in [-0.4, -0.2) is 59.3 Å². The summed E-state index contributed by atoms with van der Waals surface area (Å²) in [4.78, 5) is 22.2. The topological polar surface area (TPSA) is 96.2 Å². The zero-order valence-electron chi connectivity index (χ0n) is 17.4. The van der Waals surface area contributed by atoms with Crippen molar-refractivity contribution in [2.45, 2.75) is 43.7 Å². The minimum absolute atomic E-state index is 0.280. The second-order valence-corrected chi connectivity index (χ2v) is 8.26. The van der Waals surface area contributed by atoms with Gasteiger partial charge >= 0.3 is 0 Å². The normalized spacial score (nSPS) is 17.6. The molecule has 4 rings (SSSR count). The summed E-state index contributed by atoms with van der Waals surface area (Å²) in [5.74, 6) is 0.661. The van der Waals surface area contributed by atoms with Gasteiger partial charge in [0.05, 0.1) is 11.6 Å². The van der Waals surface area contributed by atoms with Gasteiger partial charge in [0.25, 0.3) is 5.91 Å². The highest BCUT2D eigenvalue weighted by atomic mass is 19.1. The third-order valence-corrected chi connectivity index (χ3v) is 6.01. The Balaban J connectivity index is 1.38. The highest BCUT2D eigenvalue weighted by molar-refractivity contribution is 5.97. The third-order valence-electron chi connectivity index (χ3n) is 6.01. The minimum Gasteiger partial charge on any atom is -0.367 e. The fraction of sp³-hybridized carbons (Fsp3) is 0.500. The lowest BCUT2D eigenvalue weighted by Gasteiger charge is -2.35. The second-order valence-electron chi connectivity index (χ2n) is 8.26. The molecule has 1 aliphatic heterocycles. The maximum Gasteiger partial charge on any atom is 0.254 e. The molecule has 0 unspecified atom stereocenters. The number of carbonyl (C=O) groups is 1. The van der Waals surface area contributed by atoms with Crippen molar-refractivity contribution in [2.24, 2.45) is 5.73 Å². The van der Waals surface area contributed by atoms with Gasteiger partial charge in [0, 0.05) is 17.9 Å². The number of alkyl halides is 2. The molecule has 0 spiro atoms. The molecule has 1 aliphatic carbocycles. The molecule has 4 N–H and O–H groups in total. The number of aromatic nitrogens is 2. The number of anilines is 3. The van der Waals surface area contributed by atoms with Crippen LogP contribution in [0.15, 0.2) is 30.5 Å². The number of hydrogen-bond acceptors (Lipinski definition) is 6. The van der Waals surface area contributed by atoms with Crippen LogP contribution < -0.4 is 16.4 Å². The molecular formula is C22H28F2N6O. The second kappa shape index (κ2) is 9.55. The van der Waals surface area contributed by atoms with E-state index in [0.717, 1.165) is 31.4 Å². The van der Waals surface area contributed by atoms with E-state index in [4.69, 9.17) is 5.73 Å². The van der Waals surface area contributed by atoms with Crippen LogP contribution in [0.5, 0.6) is 0 Å². The summed E-state index contributed by atoms with van der Waals surface area (Å²) in [6.45, 7) is 0.143. The Morgan fingerprint density at radius 3 is 2.39 bits per heavy atom. The largest absolute Gasteiger partial charge is 0.367 e. The van der Waals surface area contributed by atoms with E-state index in [1.807, 2.05) is 17.0 Å². The van der Waals surface area contributed by atoms with Crippen molar-refractivity contribution in [3.63, 3.8) is 0 Å². The molecule has 7 nitrogen and oxygen atoms in total. The SMILES string of the molecule is NC(=O)c1cnc(Nc2ccc(C3CCN(C(CF)CF)CC3)cc2)nc1NC1CC1. The summed E-state index contributed by atoms with van der Waals surface area (Å²) in [6.07, 6.45) is 5.31. The first-order valence-electron chi connectivity index (χ1n) is 10.7. The molecule has 1 aromatic carbocycles. The molecule has 31 heavy (non-hydrogen) atoms. The van der Waals surface area contributed by atoms with Crippen LogP contribution in [0.25, 0.3) is 0 Å². The Kier molecular flexibility index (Phi) is 6.60. The molecule has 2 aliphatic rings. The molecule has 0 radical (unpaired) electrons. The number of likely N-dealkylation sites (tertiary alicyclic amines) is 1. The van der Waals surface area contributed by atoms with E-state index in [1.54, 1.807) is 0 Å². The summed E-state index contributed by atoms with van der Waals surface area (Å²) in [6, 6.07) is 7.78. The smallest absolute Gasteiger partial charge is 0.254 e. The summed E-state index contributed by atoms with van der Waals surface area (Å²) in [5.41, 5.74) is 7.75. The number of amides is 1. The van der Waals surface area contributed by atoms with Crippen LogP contribution in [0.4, 0.5) is 26.2 Å². The Morgan fingerprint density at radius 2 is 1.81 bits per heavy atom. The Morgan fingerprint density at radius 1 is 1.13 bits per heavy atom. The van der Waals surface area contributed by atoms with Crippen molar-refractivity contribution in [1.82, 2.24) is 14.9 Å². The molecule has 9 heteroatoms. The summed E-state index contributed by atoms with van der Waals surface area (Å²) < 4.78 is 25.8. The van der Waals surface area contributed by atoms with E-state index < -0.39 is 25.3 Å². The van der Waals surface area contributed by atoms with Gasteiger partial charge in [0.1, 0.15) is 19.2 Å². The van der Waals surface area contributed by atoms with Gasteiger partial charge in [0.2, 0.25) is 5.95 Å². The van der Waals surface area contributed by atoms with Crippen LogP contribution in [0.2, 0.25) is 0 Å². The number of hydrogen-bond donors (Lipinski definition) is 3. The fourth-order valence-electron chi connectivity index (χ4n) is 3.96. The van der Waals surface area contributed by atoms with E-state index in [0.29, 0.717) is 36.8 Å². The van der Waals surface area contributed by atoms with Crippen LogP contribution in [0, 0.1) is 0 Å². The van der Waals surface area contributed by atoms with Crippen LogP contribution in [0.1, 0.15) is 47.5 Å². The molecule has 1 saturated carbocycles. The number of piperidine rings is 1. The number of nitrogens with two attached hydrogens (primary N) is 1. The van der Waals surface area contributed by atoms with Crippen molar-refractivity contribution in [1.29, 1.82) is 0 Å². The maximum absolute atomic E-state index is 12.9. The zero-order valence-corrected chi connectivity index (χ0v) is 17.4. The van der Waals surface area contributed by atoms with E-state index in [-0.39, 0.29) is 5.56 Å². The van der Waals surface area contributed by atoms with Crippen LogP contribution >= 0.6 is 0 Å². The highest BCUT2D eigenvalue weighted by Crippen LogP contribution is 2.30. The molecule has 0 atom stereocenters. The van der Waals surface area contributed by atoms with Gasteiger partial charge in [0.15, 0.2) is 0 Å². The van der Waals surface area contributed by atoms with Crippen molar-refractivity contribution in [2.75, 3.05) is 37.1 Å². The average Bonchev–Trinajstić information content (AvgIpc) is 3.60. The number of halogens is 2. The standard InChI is InChI=1S/C22H28F2N6O/c23-11-18(12-24)30-9-7-15(8-10-30)14-1-3-17(4-2-14)28-22-26-13-19(20(25)31)21(29-22)27-16-5-6-16/h1-4,13,15-16,18H,5-12H2,(H2,25,31)(H2,26,27,28,29). The molecule has 1 aromatic heterocycles. The van der Waals surface area contributed by atoms with Gasteiger partial charge in [-0.2, -0.15) is 4.98 Å². The molecule has 1 saturated heterocycles. The lowest BCUT2D eigenvalue weighted by Crippen LogP contribution is -2.43. The number of rotatable bonds is 9. The Hall–Kier alpha value is -2.81. The molecule has 0 bridgehead atoms. The monoisotopic (exact) mass is 430 g/mol. The van der Waals surface area contributed by atoms with Crippen LogP contribution in [0.3, 0.4) is 0 Å². The highest BCUT2D eigenvalue weighted by Gasteiger charge is 2.26. The van der Waals surface area contributed by atoms with Gasteiger partial charge in [-0.25, -0.2) is 13.8 Å². The van der Waals surface area contributed by atoms with Gasteiger partial charge < -0.3 is 16.4 Å². The van der Waals surface area contributed by atoms with Crippen molar-refractivity contribution in [3.05, 3.63) is 41.6 Å². The molecule has 1 amide bonds. The first kappa shape index (κ1) is 21.4. The van der Waals surface area contributed by atoms with E-state index in [1.165, 1.54) is 11.8 Å². The predicted molar refractivity (Wildman–Crippen MR) is 116 cm³/mol. The zero-order chi connectivity index (χ0) is 21.8. The number of benzene rings is 1. The fourth-order valence-corrected chi connectivity index (χ4v) is 3.96. The van der Waals surface area contributed by atoms with E-state index in [2.05, 4.69) is 32.7 Å². The average molecular weight is 431 g/mol. The van der Waals surface area contributed by atoms with Crippen molar-refractivity contribution < 1.29 is 13.6 Å². The molecule has 166 valence electrons. The quantitative estimate of drug-likeness (QED) is 0.564. The molecule has 2 aromatic rings. The summed E-state index contributed by atoms with van der Waals surface area (Å²) in [5, 5.41) is 6.39. The summed E-state index contributed by atoms with van der Waals surface area (Å²) in [7, 11) is 0. The Labute approximate surface area is 180 Å². The lowest BCUT2D eigenvalue weighted by atomic mass is 9.89. The Bertz CT molecular complexity index is 893. The third kappa shape index (κ3) is 5.28. The van der Waals surface area contributed by atoms with Gasteiger partial charge in [-0.3, -0.25) is 9.69 Å². The molecule has 2 heterocycles. The first-order chi connectivity index (χ1) is 15.1. The number of primary amides is 1. The van der Waals surface area contributed by atoms with Crippen molar-refractivity contribution >= 4 is 23.4 Å². The maximum atomic E-state index is 12.9. The molecular weight excluding hydrogens is 402 g/mol. The lowest BCUT2D eigenvalue weighted by molar-refractivity contribution is 0.100. The van der Waals surface area contributed by atoms with Crippen LogP contribution in [-0.2, 0) is 0 Å². The first-order valence-corrected chi connectivity index (χ1v) is 10.7. The predicted octanol–water partition coefficient (Wildman–Crippen LogP) is 3.38. The number of carbonyl (C=O) groups excluding carboxylic acids is 1. The number of nitrogens with zero attached hydrogens (tertiary/aromatic N) is 3. The van der Waals surface area contributed by atoms with E-state index >= 15 is 0 Å². The number of nitrogens with one attached hydrogen (secondary N) is 2. The van der Waals surface area contributed by atoms with Gasteiger partial charge in [-0.05, 0) is 62.4 Å². The summed E-state index contributed by atoms with van der Waals surface area (Å²) >= 11 is 0. The van der Waals surface area contributed by atoms with Gasteiger partial charge in [-0.1, -0.05) is 12.1 Å². The van der Waals surface area contributed by atoms with Crippen molar-refractivity contribution in [3.8, 4) is 0 Å². The molecule has 2 fully saturated rings. The van der Waals surface area contributed by atoms with E-state index in [9.17, 15) is 13.6 Å².